The number of benzene rings is 3. The summed E-state index contributed by atoms with van der Waals surface area (Å²) in [6, 6.07) is 27.1. The van der Waals surface area contributed by atoms with Gasteiger partial charge in [-0.25, -0.2) is 0 Å². The van der Waals surface area contributed by atoms with Gasteiger partial charge >= 0.3 is 0 Å². The number of rotatable bonds is 5. The molecule has 0 aromatic heterocycles. The van der Waals surface area contributed by atoms with Gasteiger partial charge < -0.3 is 4.90 Å². The second-order valence-corrected chi connectivity index (χ2v) is 10.8. The summed E-state index contributed by atoms with van der Waals surface area (Å²) in [6.45, 7) is 22.1. The zero-order valence-electron chi connectivity index (χ0n) is 22.7. The Morgan fingerprint density at radius 3 is 1.15 bits per heavy atom. The van der Waals surface area contributed by atoms with Crippen LogP contribution in [0.4, 0.5) is 17.1 Å². The van der Waals surface area contributed by atoms with Crippen LogP contribution in [0.3, 0.4) is 0 Å². The maximum absolute atomic E-state index is 2.36. The highest BCUT2D eigenvalue weighted by molar-refractivity contribution is 5.76. The van der Waals surface area contributed by atoms with E-state index in [0.717, 1.165) is 6.42 Å². The molecule has 1 heteroatoms. The molecular weight excluding hydrogens is 398 g/mol. The van der Waals surface area contributed by atoms with Crippen LogP contribution in [0.15, 0.2) is 72.8 Å². The fourth-order valence-corrected chi connectivity index (χ4v) is 3.86. The van der Waals surface area contributed by atoms with Crippen molar-refractivity contribution in [1.29, 1.82) is 0 Å². The summed E-state index contributed by atoms with van der Waals surface area (Å²) in [4.78, 5) is 2.36. The minimum Gasteiger partial charge on any atom is -0.311 e. The fourth-order valence-electron chi connectivity index (χ4n) is 3.86. The lowest BCUT2D eigenvalue weighted by atomic mass is 9.86. The summed E-state index contributed by atoms with van der Waals surface area (Å²) in [6.07, 6.45) is 1.16. The summed E-state index contributed by atoms with van der Waals surface area (Å²) in [7, 11) is 0. The van der Waals surface area contributed by atoms with Gasteiger partial charge in [-0.1, -0.05) is 106 Å². The molecule has 178 valence electrons. The maximum Gasteiger partial charge on any atom is 0.0461 e. The van der Waals surface area contributed by atoms with Crippen molar-refractivity contribution in [3.63, 3.8) is 0 Å². The first kappa shape index (κ1) is 26.7. The van der Waals surface area contributed by atoms with Gasteiger partial charge in [0.15, 0.2) is 0 Å². The van der Waals surface area contributed by atoms with Crippen molar-refractivity contribution < 1.29 is 0 Å². The van der Waals surface area contributed by atoms with Crippen molar-refractivity contribution in [1.82, 2.24) is 0 Å². The third-order valence-corrected chi connectivity index (χ3v) is 6.32. The lowest BCUT2D eigenvalue weighted by Crippen LogP contribution is -2.14. The molecule has 3 aromatic carbocycles. The zero-order chi connectivity index (χ0) is 24.8. The predicted molar refractivity (Wildman–Crippen MR) is 149 cm³/mol. The molecule has 0 N–H and O–H groups in total. The molecule has 1 atom stereocenters. The average Bonchev–Trinajstić information content (AvgIpc) is 2.80. The quantitative estimate of drug-likeness (QED) is 0.379. The molecule has 0 saturated heterocycles. The third-order valence-electron chi connectivity index (χ3n) is 6.32. The summed E-state index contributed by atoms with van der Waals surface area (Å²) >= 11 is 0. The number of anilines is 3. The van der Waals surface area contributed by atoms with Gasteiger partial charge in [0.05, 0.1) is 0 Å². The Hall–Kier alpha value is -2.54. The van der Waals surface area contributed by atoms with Gasteiger partial charge in [0.1, 0.15) is 0 Å². The van der Waals surface area contributed by atoms with E-state index in [1.54, 1.807) is 0 Å². The van der Waals surface area contributed by atoms with Crippen LogP contribution in [0.25, 0.3) is 0 Å². The fraction of sp³-hybridized carbons (Fsp3) is 0.438. The van der Waals surface area contributed by atoms with E-state index in [-0.39, 0.29) is 10.8 Å². The van der Waals surface area contributed by atoms with Gasteiger partial charge in [-0.3, -0.25) is 0 Å². The molecule has 0 amide bonds. The normalized spacial score (nSPS) is 12.5. The minimum atomic E-state index is 0.148. The molecule has 3 aromatic rings. The van der Waals surface area contributed by atoms with Crippen LogP contribution in [-0.4, -0.2) is 0 Å². The summed E-state index contributed by atoms with van der Waals surface area (Å²) < 4.78 is 0. The minimum absolute atomic E-state index is 0.148. The lowest BCUT2D eigenvalue weighted by molar-refractivity contribution is 0.590. The summed E-state index contributed by atoms with van der Waals surface area (Å²) in [5, 5.41) is 0. The topological polar surface area (TPSA) is 3.24 Å². The highest BCUT2D eigenvalue weighted by Crippen LogP contribution is 2.37. The Bertz CT molecular complexity index is 908. The molecular formula is C32H45N. The van der Waals surface area contributed by atoms with Crippen molar-refractivity contribution in [2.75, 3.05) is 4.90 Å². The van der Waals surface area contributed by atoms with Crippen LogP contribution < -0.4 is 4.90 Å². The first-order chi connectivity index (χ1) is 15.5. The van der Waals surface area contributed by atoms with Gasteiger partial charge in [0.2, 0.25) is 0 Å². The van der Waals surface area contributed by atoms with Gasteiger partial charge in [0, 0.05) is 17.1 Å². The van der Waals surface area contributed by atoms with Gasteiger partial charge in [-0.15, -0.1) is 0 Å². The summed E-state index contributed by atoms with van der Waals surface area (Å²) in [5.41, 5.74) is 7.97. The van der Waals surface area contributed by atoms with Gasteiger partial charge in [-0.2, -0.15) is 0 Å². The first-order valence-corrected chi connectivity index (χ1v) is 12.6. The Morgan fingerprint density at radius 1 is 0.576 bits per heavy atom. The van der Waals surface area contributed by atoms with E-state index in [4.69, 9.17) is 0 Å². The molecule has 0 radical (unpaired) electrons. The van der Waals surface area contributed by atoms with Crippen LogP contribution in [0.5, 0.6) is 0 Å². The third kappa shape index (κ3) is 6.73. The van der Waals surface area contributed by atoms with Crippen molar-refractivity contribution in [2.24, 2.45) is 0 Å². The monoisotopic (exact) mass is 443 g/mol. The zero-order valence-corrected chi connectivity index (χ0v) is 22.7. The molecule has 0 aliphatic heterocycles. The predicted octanol–water partition coefficient (Wildman–Crippen LogP) is 10.3. The Morgan fingerprint density at radius 2 is 0.879 bits per heavy atom. The highest BCUT2D eigenvalue weighted by atomic mass is 15.1. The van der Waals surface area contributed by atoms with Crippen LogP contribution in [0.1, 0.15) is 98.3 Å². The molecule has 0 spiro atoms. The van der Waals surface area contributed by atoms with Crippen LogP contribution in [0, 0.1) is 0 Å². The van der Waals surface area contributed by atoms with Crippen molar-refractivity contribution in [3.05, 3.63) is 89.5 Å². The van der Waals surface area contributed by atoms with Gasteiger partial charge in [0.25, 0.3) is 0 Å². The highest BCUT2D eigenvalue weighted by Gasteiger charge is 2.18. The van der Waals surface area contributed by atoms with E-state index in [2.05, 4.69) is 133 Å². The van der Waals surface area contributed by atoms with Crippen LogP contribution in [-0.2, 0) is 10.8 Å². The maximum atomic E-state index is 2.36. The van der Waals surface area contributed by atoms with E-state index in [1.165, 1.54) is 33.8 Å². The lowest BCUT2D eigenvalue weighted by Gasteiger charge is -2.28. The second-order valence-electron chi connectivity index (χ2n) is 10.8. The molecule has 33 heavy (non-hydrogen) atoms. The van der Waals surface area contributed by atoms with E-state index >= 15 is 0 Å². The molecule has 0 saturated carbocycles. The van der Waals surface area contributed by atoms with Crippen LogP contribution >= 0.6 is 0 Å². The van der Waals surface area contributed by atoms with E-state index < -0.39 is 0 Å². The number of hydrogen-bond donors (Lipinski definition) is 0. The molecule has 0 aliphatic rings. The van der Waals surface area contributed by atoms with E-state index in [1.807, 2.05) is 13.8 Å². The van der Waals surface area contributed by atoms with Gasteiger partial charge in [-0.05, 0) is 76.3 Å². The van der Waals surface area contributed by atoms with E-state index in [9.17, 15) is 0 Å². The SMILES string of the molecule is CC.CCC(C)c1ccc(N(c2ccc(C(C)(C)C)cc2)c2ccc(C(C)(C)C)cc2)cc1. The number of nitrogens with zero attached hydrogens (tertiary/aromatic N) is 1. The van der Waals surface area contributed by atoms with Crippen molar-refractivity contribution >= 4 is 17.1 Å². The standard InChI is InChI=1S/C30H39N.C2H6/c1-9-22(2)23-10-16-26(17-11-23)31(27-18-12-24(13-19-27)29(3,4)5)28-20-14-25(15-21-28)30(6,7)8;1-2/h10-22H,9H2,1-8H3;1-2H3. The average molecular weight is 444 g/mol. The van der Waals surface area contributed by atoms with Crippen molar-refractivity contribution in [3.8, 4) is 0 Å². The molecule has 0 bridgehead atoms. The van der Waals surface area contributed by atoms with E-state index in [0.29, 0.717) is 5.92 Å². The van der Waals surface area contributed by atoms with Crippen LogP contribution in [0.2, 0.25) is 0 Å². The summed E-state index contributed by atoms with van der Waals surface area (Å²) in [5.74, 6) is 0.583. The Labute approximate surface area is 203 Å². The smallest absolute Gasteiger partial charge is 0.0461 e. The Balaban J connectivity index is 0.00000187. The first-order valence-electron chi connectivity index (χ1n) is 12.6. The molecule has 0 aliphatic carbocycles. The molecule has 0 fully saturated rings. The second kappa shape index (κ2) is 11.1. The Kier molecular flexibility index (Phi) is 8.95. The molecule has 1 nitrogen and oxygen atoms in total. The molecule has 1 unspecified atom stereocenters. The molecule has 3 rings (SSSR count). The largest absolute Gasteiger partial charge is 0.311 e. The number of hydrogen-bond acceptors (Lipinski definition) is 1. The van der Waals surface area contributed by atoms with Crippen molar-refractivity contribution in [2.45, 2.75) is 92.4 Å². The molecule has 0 heterocycles.